The predicted molar refractivity (Wildman–Crippen MR) is 55.6 cm³/mol. The van der Waals surface area contributed by atoms with Crippen molar-refractivity contribution in [3.05, 3.63) is 58.8 Å². The molecule has 0 aliphatic carbocycles. The highest BCUT2D eigenvalue weighted by Gasteiger charge is 1.98. The summed E-state index contributed by atoms with van der Waals surface area (Å²) in [5, 5.41) is 0. The Morgan fingerprint density at radius 1 is 1.33 bits per heavy atom. The van der Waals surface area contributed by atoms with Gasteiger partial charge in [0.25, 0.3) is 5.56 Å². The fourth-order valence-electron chi connectivity index (χ4n) is 1.16. The molecule has 0 unspecified atom stereocenters. The molecule has 0 aliphatic heterocycles. The second-order valence-corrected chi connectivity index (χ2v) is 3.01. The quantitative estimate of drug-likeness (QED) is 0.817. The van der Waals surface area contributed by atoms with E-state index >= 15 is 0 Å². The molecular formula is C11H10N2O2. The maximum atomic E-state index is 11.2. The summed E-state index contributed by atoms with van der Waals surface area (Å²) < 4.78 is 5.34. The molecule has 2 rings (SSSR count). The summed E-state index contributed by atoms with van der Waals surface area (Å²) >= 11 is 0. The average Bonchev–Trinajstić information content (AvgIpc) is 2.29. The number of rotatable bonds is 3. The molecule has 0 bridgehead atoms. The molecule has 0 saturated carbocycles. The van der Waals surface area contributed by atoms with Crippen LogP contribution in [0, 0.1) is 0 Å². The Bertz CT molecular complexity index is 479. The van der Waals surface area contributed by atoms with Gasteiger partial charge in [-0.25, -0.2) is 0 Å². The second kappa shape index (κ2) is 4.41. The SMILES string of the molecule is O=c1[nH]cccc1OCc1cccnc1. The number of nitrogens with zero attached hydrogens (tertiary/aromatic N) is 1. The molecule has 4 heteroatoms. The lowest BCUT2D eigenvalue weighted by Crippen LogP contribution is -2.09. The predicted octanol–water partition coefficient (Wildman–Crippen LogP) is 1.35. The molecule has 2 aromatic heterocycles. The first-order valence-electron chi connectivity index (χ1n) is 4.55. The minimum Gasteiger partial charge on any atom is -0.483 e. The summed E-state index contributed by atoms with van der Waals surface area (Å²) in [5.41, 5.74) is 0.710. The lowest BCUT2D eigenvalue weighted by Gasteiger charge is -2.03. The third kappa shape index (κ3) is 2.43. The summed E-state index contributed by atoms with van der Waals surface area (Å²) in [4.78, 5) is 17.7. The Labute approximate surface area is 86.6 Å². The highest BCUT2D eigenvalue weighted by Crippen LogP contribution is 2.04. The van der Waals surface area contributed by atoms with Gasteiger partial charge in [0.15, 0.2) is 5.75 Å². The fraction of sp³-hybridized carbons (Fsp3) is 0.0909. The van der Waals surface area contributed by atoms with Gasteiger partial charge in [0, 0.05) is 24.2 Å². The van der Waals surface area contributed by atoms with Crippen LogP contribution >= 0.6 is 0 Å². The van der Waals surface area contributed by atoms with Gasteiger partial charge in [-0.2, -0.15) is 0 Å². The van der Waals surface area contributed by atoms with Crippen molar-refractivity contribution in [2.45, 2.75) is 6.61 Å². The number of aromatic nitrogens is 2. The Kier molecular flexibility index (Phi) is 2.78. The van der Waals surface area contributed by atoms with Crippen LogP contribution in [0.25, 0.3) is 0 Å². The molecule has 0 spiro atoms. The standard InChI is InChI=1S/C11H10N2O2/c14-11-10(4-2-6-13-11)15-8-9-3-1-5-12-7-9/h1-7H,8H2,(H,13,14). The van der Waals surface area contributed by atoms with Crippen LogP contribution in [0.3, 0.4) is 0 Å². The summed E-state index contributed by atoms with van der Waals surface area (Å²) in [6.07, 6.45) is 4.97. The van der Waals surface area contributed by atoms with Crippen molar-refractivity contribution in [2.75, 3.05) is 0 Å². The molecule has 2 aromatic rings. The highest BCUT2D eigenvalue weighted by molar-refractivity contribution is 5.17. The van der Waals surface area contributed by atoms with E-state index in [2.05, 4.69) is 9.97 Å². The van der Waals surface area contributed by atoms with Crippen LogP contribution in [0.2, 0.25) is 0 Å². The van der Waals surface area contributed by atoms with Crippen LogP contribution in [0.5, 0.6) is 5.75 Å². The molecule has 2 heterocycles. The minimum absolute atomic E-state index is 0.221. The summed E-state index contributed by atoms with van der Waals surface area (Å²) in [6, 6.07) is 7.08. The van der Waals surface area contributed by atoms with Gasteiger partial charge in [-0.15, -0.1) is 0 Å². The van der Waals surface area contributed by atoms with Gasteiger partial charge >= 0.3 is 0 Å². The monoisotopic (exact) mass is 202 g/mol. The topological polar surface area (TPSA) is 55.0 Å². The number of ether oxygens (including phenoxy) is 1. The van der Waals surface area contributed by atoms with E-state index in [1.807, 2.05) is 12.1 Å². The number of nitrogens with one attached hydrogen (secondary N) is 1. The first kappa shape index (κ1) is 9.45. The molecule has 0 aromatic carbocycles. The van der Waals surface area contributed by atoms with E-state index in [4.69, 9.17) is 4.74 Å². The van der Waals surface area contributed by atoms with Crippen LogP contribution in [0.1, 0.15) is 5.56 Å². The summed E-state index contributed by atoms with van der Waals surface area (Å²) in [5.74, 6) is 0.321. The molecular weight excluding hydrogens is 192 g/mol. The minimum atomic E-state index is -0.221. The van der Waals surface area contributed by atoms with Crippen molar-refractivity contribution in [3.63, 3.8) is 0 Å². The van der Waals surface area contributed by atoms with Crippen molar-refractivity contribution in [2.24, 2.45) is 0 Å². The number of H-pyrrole nitrogens is 1. The molecule has 0 amide bonds. The van der Waals surface area contributed by atoms with E-state index < -0.39 is 0 Å². The Balaban J connectivity index is 2.06. The lowest BCUT2D eigenvalue weighted by molar-refractivity contribution is 0.301. The van der Waals surface area contributed by atoms with Crippen molar-refractivity contribution >= 4 is 0 Å². The molecule has 15 heavy (non-hydrogen) atoms. The molecule has 0 radical (unpaired) electrons. The van der Waals surface area contributed by atoms with Gasteiger partial charge < -0.3 is 9.72 Å². The summed E-state index contributed by atoms with van der Waals surface area (Å²) in [6.45, 7) is 0.348. The van der Waals surface area contributed by atoms with Crippen LogP contribution in [-0.4, -0.2) is 9.97 Å². The molecule has 0 saturated heterocycles. The van der Waals surface area contributed by atoms with Crippen LogP contribution in [0.4, 0.5) is 0 Å². The Morgan fingerprint density at radius 2 is 2.27 bits per heavy atom. The zero-order valence-corrected chi connectivity index (χ0v) is 8.01. The van der Waals surface area contributed by atoms with E-state index in [0.717, 1.165) is 5.56 Å². The lowest BCUT2D eigenvalue weighted by atomic mass is 10.3. The Morgan fingerprint density at radius 3 is 3.00 bits per heavy atom. The van der Waals surface area contributed by atoms with Crippen molar-refractivity contribution in [1.29, 1.82) is 0 Å². The maximum Gasteiger partial charge on any atom is 0.290 e. The fourth-order valence-corrected chi connectivity index (χ4v) is 1.16. The number of aromatic amines is 1. The average molecular weight is 202 g/mol. The van der Waals surface area contributed by atoms with Crippen molar-refractivity contribution < 1.29 is 4.74 Å². The summed E-state index contributed by atoms with van der Waals surface area (Å²) in [7, 11) is 0. The van der Waals surface area contributed by atoms with Gasteiger partial charge in [0.05, 0.1) is 0 Å². The maximum absolute atomic E-state index is 11.2. The van der Waals surface area contributed by atoms with Gasteiger partial charge in [0.1, 0.15) is 6.61 Å². The number of hydrogen-bond acceptors (Lipinski definition) is 3. The molecule has 76 valence electrons. The van der Waals surface area contributed by atoms with Gasteiger partial charge in [-0.05, 0) is 18.2 Å². The van der Waals surface area contributed by atoms with Crippen molar-refractivity contribution in [1.82, 2.24) is 9.97 Å². The van der Waals surface area contributed by atoms with Gasteiger partial charge in [-0.1, -0.05) is 6.07 Å². The zero-order valence-electron chi connectivity index (χ0n) is 8.01. The number of hydrogen-bond donors (Lipinski definition) is 1. The molecule has 0 aliphatic rings. The van der Waals surface area contributed by atoms with E-state index in [1.165, 1.54) is 0 Å². The molecule has 1 N–H and O–H groups in total. The van der Waals surface area contributed by atoms with E-state index in [0.29, 0.717) is 12.4 Å². The first-order chi connectivity index (χ1) is 7.36. The Hall–Kier alpha value is -2.10. The van der Waals surface area contributed by atoms with Crippen LogP contribution in [0.15, 0.2) is 47.7 Å². The smallest absolute Gasteiger partial charge is 0.290 e. The highest BCUT2D eigenvalue weighted by atomic mass is 16.5. The van der Waals surface area contributed by atoms with Gasteiger partial charge in [0.2, 0.25) is 0 Å². The van der Waals surface area contributed by atoms with E-state index in [9.17, 15) is 4.79 Å². The van der Waals surface area contributed by atoms with E-state index in [1.54, 1.807) is 30.7 Å². The third-order valence-electron chi connectivity index (χ3n) is 1.90. The largest absolute Gasteiger partial charge is 0.483 e. The van der Waals surface area contributed by atoms with Crippen LogP contribution < -0.4 is 10.3 Å². The van der Waals surface area contributed by atoms with Crippen molar-refractivity contribution in [3.8, 4) is 5.75 Å². The number of pyridine rings is 2. The molecule has 4 nitrogen and oxygen atoms in total. The molecule has 0 atom stereocenters. The zero-order chi connectivity index (χ0) is 10.5. The normalized spacial score (nSPS) is 9.87. The third-order valence-corrected chi connectivity index (χ3v) is 1.90. The first-order valence-corrected chi connectivity index (χ1v) is 4.55. The molecule has 0 fully saturated rings. The van der Waals surface area contributed by atoms with Crippen LogP contribution in [-0.2, 0) is 6.61 Å². The van der Waals surface area contributed by atoms with E-state index in [-0.39, 0.29) is 5.56 Å². The second-order valence-electron chi connectivity index (χ2n) is 3.01. The van der Waals surface area contributed by atoms with Gasteiger partial charge in [-0.3, -0.25) is 9.78 Å².